The summed E-state index contributed by atoms with van der Waals surface area (Å²) in [6.07, 6.45) is 1.43. The van der Waals surface area contributed by atoms with E-state index in [1.54, 1.807) is 18.2 Å². The zero-order valence-electron chi connectivity index (χ0n) is 9.71. The van der Waals surface area contributed by atoms with E-state index in [1.165, 1.54) is 17.9 Å². The number of aliphatic carboxylic acids is 1. The highest BCUT2D eigenvalue weighted by atomic mass is 16.5. The summed E-state index contributed by atoms with van der Waals surface area (Å²) >= 11 is 0. The molecular formula is C12H12N2O4. The minimum absolute atomic E-state index is 0.260. The molecule has 3 N–H and O–H groups in total. The third-order valence-corrected chi connectivity index (χ3v) is 2.65. The van der Waals surface area contributed by atoms with Crippen molar-refractivity contribution < 1.29 is 19.4 Å². The summed E-state index contributed by atoms with van der Waals surface area (Å²) in [6, 6.07) is 5.13. The van der Waals surface area contributed by atoms with Crippen LogP contribution in [-0.2, 0) is 11.3 Å². The molecule has 0 aliphatic heterocycles. The van der Waals surface area contributed by atoms with Crippen LogP contribution < -0.4 is 10.5 Å². The molecule has 0 aliphatic carbocycles. The Morgan fingerprint density at radius 2 is 2.17 bits per heavy atom. The van der Waals surface area contributed by atoms with Crippen LogP contribution in [0, 0.1) is 0 Å². The number of carbonyl (C=O) groups excluding carboxylic acids is 1. The third-order valence-electron chi connectivity index (χ3n) is 2.65. The summed E-state index contributed by atoms with van der Waals surface area (Å²) < 4.78 is 6.62. The second-order valence-electron chi connectivity index (χ2n) is 3.79. The van der Waals surface area contributed by atoms with Gasteiger partial charge in [0.2, 0.25) is 0 Å². The Morgan fingerprint density at radius 3 is 2.72 bits per heavy atom. The second kappa shape index (κ2) is 4.40. The van der Waals surface area contributed by atoms with Crippen molar-refractivity contribution in [3.8, 4) is 5.75 Å². The van der Waals surface area contributed by atoms with E-state index in [4.69, 9.17) is 15.6 Å². The van der Waals surface area contributed by atoms with Crippen LogP contribution in [0.25, 0.3) is 10.9 Å². The van der Waals surface area contributed by atoms with Gasteiger partial charge in [-0.25, -0.2) is 0 Å². The predicted molar refractivity (Wildman–Crippen MR) is 64.6 cm³/mol. The number of carboxylic acids is 1. The molecule has 18 heavy (non-hydrogen) atoms. The number of carbonyl (C=O) groups is 2. The van der Waals surface area contributed by atoms with Gasteiger partial charge in [0, 0.05) is 11.6 Å². The van der Waals surface area contributed by atoms with Crippen molar-refractivity contribution >= 4 is 22.8 Å². The Hall–Kier alpha value is -2.50. The standard InChI is InChI=1S/C12H12N2O4/c1-18-9-4-2-3-7-8(12(13)17)5-14(11(7)9)6-10(15)16/h2-5H,6H2,1H3,(H2,13,17)(H,15,16). The van der Waals surface area contributed by atoms with Gasteiger partial charge in [0.25, 0.3) is 5.91 Å². The van der Waals surface area contributed by atoms with E-state index in [0.29, 0.717) is 16.7 Å². The van der Waals surface area contributed by atoms with Gasteiger partial charge in [0.05, 0.1) is 18.2 Å². The first-order chi connectivity index (χ1) is 8.54. The Morgan fingerprint density at radius 1 is 1.44 bits per heavy atom. The quantitative estimate of drug-likeness (QED) is 0.837. The van der Waals surface area contributed by atoms with Crippen LogP contribution in [-0.4, -0.2) is 28.7 Å². The lowest BCUT2D eigenvalue weighted by molar-refractivity contribution is -0.137. The van der Waals surface area contributed by atoms with Crippen LogP contribution in [0.15, 0.2) is 24.4 Å². The smallest absolute Gasteiger partial charge is 0.323 e. The zero-order chi connectivity index (χ0) is 13.3. The number of primary amides is 1. The highest BCUT2D eigenvalue weighted by molar-refractivity contribution is 6.07. The number of nitrogens with zero attached hydrogens (tertiary/aromatic N) is 1. The maximum absolute atomic E-state index is 11.3. The largest absolute Gasteiger partial charge is 0.495 e. The van der Waals surface area contributed by atoms with E-state index in [1.807, 2.05) is 0 Å². The van der Waals surface area contributed by atoms with Gasteiger partial charge in [-0.3, -0.25) is 9.59 Å². The molecule has 0 aliphatic rings. The van der Waals surface area contributed by atoms with Gasteiger partial charge in [0.15, 0.2) is 0 Å². The van der Waals surface area contributed by atoms with Crippen LogP contribution in [0.2, 0.25) is 0 Å². The fourth-order valence-corrected chi connectivity index (χ4v) is 1.96. The Labute approximate surface area is 103 Å². The summed E-state index contributed by atoms with van der Waals surface area (Å²) in [5.41, 5.74) is 6.11. The second-order valence-corrected chi connectivity index (χ2v) is 3.79. The van der Waals surface area contributed by atoms with Crippen LogP contribution in [0.1, 0.15) is 10.4 Å². The van der Waals surface area contributed by atoms with Gasteiger partial charge in [-0.15, -0.1) is 0 Å². The molecule has 0 saturated heterocycles. The molecule has 2 rings (SSSR count). The van der Waals surface area contributed by atoms with Crippen molar-refractivity contribution in [2.75, 3.05) is 7.11 Å². The molecule has 0 bridgehead atoms. The minimum Gasteiger partial charge on any atom is -0.495 e. The molecule has 1 aromatic carbocycles. The number of ether oxygens (including phenoxy) is 1. The molecule has 6 nitrogen and oxygen atoms in total. The van der Waals surface area contributed by atoms with E-state index < -0.39 is 11.9 Å². The molecule has 0 radical (unpaired) electrons. The topological polar surface area (TPSA) is 94.5 Å². The Balaban J connectivity index is 2.76. The summed E-state index contributed by atoms with van der Waals surface area (Å²) in [4.78, 5) is 22.1. The fraction of sp³-hybridized carbons (Fsp3) is 0.167. The van der Waals surface area contributed by atoms with Gasteiger partial charge in [-0.2, -0.15) is 0 Å². The SMILES string of the molecule is COc1cccc2c(C(N)=O)cn(CC(=O)O)c12. The van der Waals surface area contributed by atoms with E-state index in [0.717, 1.165) is 0 Å². The van der Waals surface area contributed by atoms with Crippen molar-refractivity contribution in [3.63, 3.8) is 0 Å². The number of nitrogens with two attached hydrogens (primary N) is 1. The molecular weight excluding hydrogens is 236 g/mol. The number of rotatable bonds is 4. The Kier molecular flexibility index (Phi) is 2.93. The van der Waals surface area contributed by atoms with Crippen LogP contribution in [0.5, 0.6) is 5.75 Å². The van der Waals surface area contributed by atoms with Gasteiger partial charge in [-0.1, -0.05) is 12.1 Å². The van der Waals surface area contributed by atoms with E-state index in [9.17, 15) is 9.59 Å². The number of hydrogen-bond acceptors (Lipinski definition) is 3. The predicted octanol–water partition coefficient (Wildman–Crippen LogP) is 0.833. The molecule has 0 fully saturated rings. The zero-order valence-corrected chi connectivity index (χ0v) is 9.71. The van der Waals surface area contributed by atoms with E-state index in [2.05, 4.69) is 0 Å². The van der Waals surface area contributed by atoms with Gasteiger partial charge in [0.1, 0.15) is 12.3 Å². The molecule has 6 heteroatoms. The summed E-state index contributed by atoms with van der Waals surface area (Å²) in [5, 5.41) is 9.45. The Bertz CT molecular complexity index is 630. The van der Waals surface area contributed by atoms with E-state index >= 15 is 0 Å². The molecule has 0 saturated carbocycles. The first-order valence-corrected chi connectivity index (χ1v) is 5.22. The number of para-hydroxylation sites is 1. The van der Waals surface area contributed by atoms with Gasteiger partial charge < -0.3 is 20.1 Å². The van der Waals surface area contributed by atoms with Crippen molar-refractivity contribution in [2.45, 2.75) is 6.54 Å². The minimum atomic E-state index is -1.01. The lowest BCUT2D eigenvalue weighted by atomic mass is 10.1. The van der Waals surface area contributed by atoms with Crippen molar-refractivity contribution in [1.82, 2.24) is 4.57 Å². The molecule has 1 aromatic heterocycles. The number of aromatic nitrogens is 1. The third kappa shape index (κ3) is 1.88. The van der Waals surface area contributed by atoms with Crippen molar-refractivity contribution in [1.29, 1.82) is 0 Å². The highest BCUT2D eigenvalue weighted by Crippen LogP contribution is 2.29. The number of methoxy groups -OCH3 is 1. The normalized spacial score (nSPS) is 10.5. The van der Waals surface area contributed by atoms with Crippen LogP contribution in [0.3, 0.4) is 0 Å². The summed E-state index contributed by atoms with van der Waals surface area (Å²) in [6.45, 7) is -0.260. The van der Waals surface area contributed by atoms with E-state index in [-0.39, 0.29) is 12.1 Å². The maximum Gasteiger partial charge on any atom is 0.323 e. The lowest BCUT2D eigenvalue weighted by Crippen LogP contribution is -2.11. The van der Waals surface area contributed by atoms with Crippen molar-refractivity contribution in [2.24, 2.45) is 5.73 Å². The van der Waals surface area contributed by atoms with Crippen molar-refractivity contribution in [3.05, 3.63) is 30.0 Å². The van der Waals surface area contributed by atoms with Crippen LogP contribution >= 0.6 is 0 Å². The fourth-order valence-electron chi connectivity index (χ4n) is 1.96. The average Bonchev–Trinajstić information content (AvgIpc) is 2.67. The lowest BCUT2D eigenvalue weighted by Gasteiger charge is -2.06. The summed E-state index contributed by atoms with van der Waals surface area (Å²) in [7, 11) is 1.48. The molecule has 1 amide bonds. The number of carboxylic acid groups (broad SMARTS) is 1. The molecule has 0 spiro atoms. The molecule has 94 valence electrons. The first kappa shape index (κ1) is 12.0. The maximum atomic E-state index is 11.3. The number of benzene rings is 1. The molecule has 1 heterocycles. The number of hydrogen-bond donors (Lipinski definition) is 2. The van der Waals surface area contributed by atoms with Gasteiger partial charge >= 0.3 is 5.97 Å². The number of amides is 1. The van der Waals surface area contributed by atoms with Gasteiger partial charge in [-0.05, 0) is 6.07 Å². The summed E-state index contributed by atoms with van der Waals surface area (Å²) in [5.74, 6) is -1.10. The molecule has 2 aromatic rings. The number of fused-ring (bicyclic) bond motifs is 1. The van der Waals surface area contributed by atoms with Crippen LogP contribution in [0.4, 0.5) is 0 Å². The molecule has 0 unspecified atom stereocenters. The molecule has 0 atom stereocenters. The highest BCUT2D eigenvalue weighted by Gasteiger charge is 2.17. The average molecular weight is 248 g/mol. The first-order valence-electron chi connectivity index (χ1n) is 5.22. The monoisotopic (exact) mass is 248 g/mol.